The molecule has 2 N–H and O–H groups in total. The molecule has 1 aliphatic rings. The van der Waals surface area contributed by atoms with Crippen LogP contribution in [0.25, 0.3) is 10.8 Å². The Hall–Kier alpha value is -1.38. The molecule has 2 aromatic carbocycles. The maximum Gasteiger partial charge on any atom is 0.0830 e. The van der Waals surface area contributed by atoms with Gasteiger partial charge in [-0.05, 0) is 35.2 Å². The molecule has 1 saturated heterocycles. The highest BCUT2D eigenvalue weighted by Crippen LogP contribution is 2.33. The molecule has 1 fully saturated rings. The summed E-state index contributed by atoms with van der Waals surface area (Å²) in [6.07, 6.45) is 2.63. The van der Waals surface area contributed by atoms with E-state index in [4.69, 9.17) is 10.5 Å². The van der Waals surface area contributed by atoms with Gasteiger partial charge in [0.15, 0.2) is 0 Å². The standard InChI is InChI=1S/C15H17NO/c16-10-14-7-8-15(17-14)13-6-5-11-3-1-2-4-12(11)9-13/h1-6,9,14-15H,7-8,10,16H2/t14-,15+/m1/s1. The van der Waals surface area contributed by atoms with E-state index in [2.05, 4.69) is 42.5 Å². The Morgan fingerprint density at radius 3 is 2.65 bits per heavy atom. The molecule has 2 aromatic rings. The number of hydrogen-bond acceptors (Lipinski definition) is 2. The van der Waals surface area contributed by atoms with Crippen LogP contribution in [-0.2, 0) is 4.74 Å². The molecule has 2 atom stereocenters. The average Bonchev–Trinajstić information content (AvgIpc) is 2.87. The van der Waals surface area contributed by atoms with Gasteiger partial charge in [0.05, 0.1) is 12.2 Å². The SMILES string of the molecule is NC[C@H]1CC[C@@H](c2ccc3ccccc3c2)O1. The third-order valence-electron chi connectivity index (χ3n) is 3.52. The number of hydrogen-bond donors (Lipinski definition) is 1. The summed E-state index contributed by atoms with van der Waals surface area (Å²) in [5, 5.41) is 2.56. The van der Waals surface area contributed by atoms with Crippen LogP contribution in [0.3, 0.4) is 0 Å². The van der Waals surface area contributed by atoms with E-state index in [0.29, 0.717) is 6.54 Å². The predicted molar refractivity (Wildman–Crippen MR) is 69.9 cm³/mol. The summed E-state index contributed by atoms with van der Waals surface area (Å²) in [6.45, 7) is 0.629. The van der Waals surface area contributed by atoms with Crippen molar-refractivity contribution in [3.63, 3.8) is 0 Å². The first-order chi connectivity index (χ1) is 8.36. The predicted octanol–water partition coefficient (Wildman–Crippen LogP) is 3.02. The summed E-state index contributed by atoms with van der Waals surface area (Å²) in [7, 11) is 0. The van der Waals surface area contributed by atoms with E-state index >= 15 is 0 Å². The Morgan fingerprint density at radius 2 is 1.88 bits per heavy atom. The van der Waals surface area contributed by atoms with Gasteiger partial charge in [-0.15, -0.1) is 0 Å². The van der Waals surface area contributed by atoms with E-state index in [1.54, 1.807) is 0 Å². The van der Waals surface area contributed by atoms with Crippen LogP contribution in [0.4, 0.5) is 0 Å². The number of ether oxygens (including phenoxy) is 1. The monoisotopic (exact) mass is 227 g/mol. The first kappa shape index (κ1) is 10.8. The molecule has 0 unspecified atom stereocenters. The second kappa shape index (κ2) is 4.47. The Morgan fingerprint density at radius 1 is 1.06 bits per heavy atom. The molecule has 1 heterocycles. The van der Waals surface area contributed by atoms with Gasteiger partial charge in [0.2, 0.25) is 0 Å². The van der Waals surface area contributed by atoms with Crippen LogP contribution in [0.5, 0.6) is 0 Å². The molecule has 1 aliphatic heterocycles. The lowest BCUT2D eigenvalue weighted by Crippen LogP contribution is -2.18. The van der Waals surface area contributed by atoms with Gasteiger partial charge in [0, 0.05) is 6.54 Å². The highest BCUT2D eigenvalue weighted by atomic mass is 16.5. The van der Waals surface area contributed by atoms with Crippen LogP contribution in [0.15, 0.2) is 42.5 Å². The molecule has 3 rings (SSSR count). The Labute approximate surface area is 101 Å². The van der Waals surface area contributed by atoms with E-state index < -0.39 is 0 Å². The summed E-state index contributed by atoms with van der Waals surface area (Å²) >= 11 is 0. The summed E-state index contributed by atoms with van der Waals surface area (Å²) in [5.74, 6) is 0. The van der Waals surface area contributed by atoms with E-state index in [0.717, 1.165) is 12.8 Å². The van der Waals surface area contributed by atoms with Gasteiger partial charge < -0.3 is 10.5 Å². The maximum atomic E-state index is 5.92. The normalized spacial score (nSPS) is 24.3. The Bertz CT molecular complexity index is 523. The minimum absolute atomic E-state index is 0.230. The van der Waals surface area contributed by atoms with Crippen LogP contribution in [0.2, 0.25) is 0 Å². The van der Waals surface area contributed by atoms with Crippen molar-refractivity contribution in [2.45, 2.75) is 25.0 Å². The fourth-order valence-corrected chi connectivity index (χ4v) is 2.53. The van der Waals surface area contributed by atoms with Gasteiger partial charge in [-0.1, -0.05) is 36.4 Å². The van der Waals surface area contributed by atoms with E-state index in [9.17, 15) is 0 Å². The van der Waals surface area contributed by atoms with Crippen molar-refractivity contribution in [3.8, 4) is 0 Å². The van der Waals surface area contributed by atoms with E-state index in [1.165, 1.54) is 16.3 Å². The molecule has 0 aliphatic carbocycles. The number of benzene rings is 2. The van der Waals surface area contributed by atoms with Gasteiger partial charge in [0.25, 0.3) is 0 Å². The van der Waals surface area contributed by atoms with Crippen molar-refractivity contribution in [2.24, 2.45) is 5.73 Å². The first-order valence-corrected chi connectivity index (χ1v) is 6.21. The zero-order valence-corrected chi connectivity index (χ0v) is 9.80. The van der Waals surface area contributed by atoms with Gasteiger partial charge in [0.1, 0.15) is 0 Å². The number of rotatable bonds is 2. The lowest BCUT2D eigenvalue weighted by atomic mass is 10.0. The summed E-state index contributed by atoms with van der Waals surface area (Å²) < 4.78 is 5.92. The molecular formula is C15H17NO. The van der Waals surface area contributed by atoms with E-state index in [-0.39, 0.29) is 12.2 Å². The largest absolute Gasteiger partial charge is 0.369 e. The first-order valence-electron chi connectivity index (χ1n) is 6.21. The molecule has 0 amide bonds. The Balaban J connectivity index is 1.91. The molecule has 0 saturated carbocycles. The van der Waals surface area contributed by atoms with Gasteiger partial charge >= 0.3 is 0 Å². The van der Waals surface area contributed by atoms with Crippen LogP contribution in [0, 0.1) is 0 Å². The molecule has 0 radical (unpaired) electrons. The second-order valence-corrected chi connectivity index (χ2v) is 4.67. The third kappa shape index (κ3) is 2.06. The third-order valence-corrected chi connectivity index (χ3v) is 3.52. The second-order valence-electron chi connectivity index (χ2n) is 4.67. The lowest BCUT2D eigenvalue weighted by molar-refractivity contribution is 0.0499. The van der Waals surface area contributed by atoms with Gasteiger partial charge in [-0.3, -0.25) is 0 Å². The highest BCUT2D eigenvalue weighted by Gasteiger charge is 2.25. The molecule has 2 heteroatoms. The van der Waals surface area contributed by atoms with Crippen molar-refractivity contribution in [1.82, 2.24) is 0 Å². The lowest BCUT2D eigenvalue weighted by Gasteiger charge is -2.13. The quantitative estimate of drug-likeness (QED) is 0.856. The molecule has 0 bridgehead atoms. The van der Waals surface area contributed by atoms with Crippen LogP contribution in [0.1, 0.15) is 24.5 Å². The Kier molecular flexibility index (Phi) is 2.83. The van der Waals surface area contributed by atoms with E-state index in [1.807, 2.05) is 0 Å². The fraction of sp³-hybridized carbons (Fsp3) is 0.333. The summed E-state index contributed by atoms with van der Waals surface area (Å²) in [5.41, 5.74) is 6.92. The zero-order valence-electron chi connectivity index (χ0n) is 9.80. The van der Waals surface area contributed by atoms with Crippen LogP contribution in [-0.4, -0.2) is 12.6 Å². The van der Waals surface area contributed by atoms with Crippen molar-refractivity contribution in [2.75, 3.05) is 6.54 Å². The smallest absolute Gasteiger partial charge is 0.0830 e. The van der Waals surface area contributed by atoms with Crippen molar-refractivity contribution < 1.29 is 4.74 Å². The van der Waals surface area contributed by atoms with Gasteiger partial charge in [-0.2, -0.15) is 0 Å². The van der Waals surface area contributed by atoms with Crippen LogP contribution < -0.4 is 5.73 Å². The molecule has 0 aromatic heterocycles. The van der Waals surface area contributed by atoms with Crippen LogP contribution >= 0.6 is 0 Å². The zero-order chi connectivity index (χ0) is 11.7. The molecule has 0 spiro atoms. The molecule has 17 heavy (non-hydrogen) atoms. The van der Waals surface area contributed by atoms with Crippen molar-refractivity contribution >= 4 is 10.8 Å². The molecular weight excluding hydrogens is 210 g/mol. The molecule has 88 valence electrons. The van der Waals surface area contributed by atoms with Crippen molar-refractivity contribution in [1.29, 1.82) is 0 Å². The fourth-order valence-electron chi connectivity index (χ4n) is 2.53. The topological polar surface area (TPSA) is 35.2 Å². The average molecular weight is 227 g/mol. The van der Waals surface area contributed by atoms with Crippen molar-refractivity contribution in [3.05, 3.63) is 48.0 Å². The molecule has 2 nitrogen and oxygen atoms in total. The maximum absolute atomic E-state index is 5.92. The number of fused-ring (bicyclic) bond motifs is 1. The summed E-state index contributed by atoms with van der Waals surface area (Å²) in [4.78, 5) is 0. The highest BCUT2D eigenvalue weighted by molar-refractivity contribution is 5.83. The number of nitrogens with two attached hydrogens (primary N) is 1. The summed E-state index contributed by atoms with van der Waals surface area (Å²) in [6, 6.07) is 15.0. The van der Waals surface area contributed by atoms with Gasteiger partial charge in [-0.25, -0.2) is 0 Å². The minimum atomic E-state index is 0.230. The minimum Gasteiger partial charge on any atom is -0.369 e.